The average Bonchev–Trinajstić information content (AvgIpc) is 3.62. The molecular weight excluding hydrogens is 462 g/mol. The summed E-state index contributed by atoms with van der Waals surface area (Å²) in [5.41, 5.74) is 5.51. The Kier molecular flexibility index (Phi) is 5.47. The first-order valence-electron chi connectivity index (χ1n) is 13.4. The first kappa shape index (κ1) is 22.5. The van der Waals surface area contributed by atoms with Crippen LogP contribution >= 0.6 is 0 Å². The van der Waals surface area contributed by atoms with Crippen LogP contribution in [0.1, 0.15) is 60.6 Å². The minimum absolute atomic E-state index is 0.0630. The quantitative estimate of drug-likeness (QED) is 0.352. The van der Waals surface area contributed by atoms with Gasteiger partial charge in [0.15, 0.2) is 0 Å². The number of aromatic amines is 1. The number of piperidine rings is 1. The highest BCUT2D eigenvalue weighted by Gasteiger charge is 2.40. The standard InChI is InChI=1S/C30H31N5O2/c36-24-16-22-11-12-23(17-24)35(22)21-9-6-18(7-10-21)28-25-15-20(8-13-26(25)33-34-28)30(37)32-29(19-4-5-19)27-3-1-2-14-31-27/h1-3,6-10,13-15,19,22-24,29,36H,4-5,11-12,16-17H2,(H,32,37)(H,33,34)/t22-,23+,24-,29?. The van der Waals surface area contributed by atoms with E-state index in [9.17, 15) is 9.90 Å². The molecule has 4 atom stereocenters. The monoisotopic (exact) mass is 493 g/mol. The second-order valence-corrected chi connectivity index (χ2v) is 10.8. The number of amides is 1. The summed E-state index contributed by atoms with van der Waals surface area (Å²) in [6, 6.07) is 20.9. The lowest BCUT2D eigenvalue weighted by Crippen LogP contribution is -2.44. The molecule has 3 aliphatic rings. The van der Waals surface area contributed by atoms with E-state index in [1.54, 1.807) is 6.20 Å². The predicted octanol–water partition coefficient (Wildman–Crippen LogP) is 5.00. The molecule has 0 spiro atoms. The molecule has 2 bridgehead atoms. The van der Waals surface area contributed by atoms with E-state index in [1.165, 1.54) is 5.69 Å². The van der Waals surface area contributed by atoms with Gasteiger partial charge in [-0.1, -0.05) is 18.2 Å². The Bertz CT molecular complexity index is 1420. The van der Waals surface area contributed by atoms with Crippen molar-refractivity contribution in [3.8, 4) is 11.3 Å². The van der Waals surface area contributed by atoms with Crippen LogP contribution in [0, 0.1) is 5.92 Å². The molecule has 2 aromatic heterocycles. The van der Waals surface area contributed by atoms with Gasteiger partial charge in [-0.15, -0.1) is 0 Å². The molecule has 2 saturated heterocycles. The van der Waals surface area contributed by atoms with Gasteiger partial charge in [0, 0.05) is 40.5 Å². The van der Waals surface area contributed by atoms with Crippen LogP contribution in [0.3, 0.4) is 0 Å². The molecule has 7 nitrogen and oxygen atoms in total. The Morgan fingerprint density at radius 2 is 1.78 bits per heavy atom. The van der Waals surface area contributed by atoms with E-state index in [-0.39, 0.29) is 18.1 Å². The summed E-state index contributed by atoms with van der Waals surface area (Å²) in [6.07, 6.45) is 7.86. The number of H-pyrrole nitrogens is 1. The lowest BCUT2D eigenvalue weighted by atomic mass is 9.98. The molecule has 1 unspecified atom stereocenters. The molecule has 0 radical (unpaired) electrons. The molecule has 37 heavy (non-hydrogen) atoms. The van der Waals surface area contributed by atoms with Gasteiger partial charge in [0.05, 0.1) is 29.1 Å². The van der Waals surface area contributed by atoms with Gasteiger partial charge >= 0.3 is 0 Å². The van der Waals surface area contributed by atoms with Crippen molar-refractivity contribution >= 4 is 22.5 Å². The van der Waals surface area contributed by atoms with Crippen LogP contribution in [0.15, 0.2) is 66.9 Å². The number of nitrogens with zero attached hydrogens (tertiary/aromatic N) is 3. The number of aliphatic hydroxyl groups excluding tert-OH is 1. The Morgan fingerprint density at radius 3 is 2.49 bits per heavy atom. The number of hydrogen-bond acceptors (Lipinski definition) is 5. The van der Waals surface area contributed by atoms with Gasteiger partial charge in [0.25, 0.3) is 5.91 Å². The molecule has 3 fully saturated rings. The summed E-state index contributed by atoms with van der Waals surface area (Å²) in [6.45, 7) is 0. The van der Waals surface area contributed by atoms with Crippen LogP contribution in [-0.2, 0) is 0 Å². The first-order valence-corrected chi connectivity index (χ1v) is 13.4. The topological polar surface area (TPSA) is 94.1 Å². The number of fused-ring (bicyclic) bond motifs is 3. The number of anilines is 1. The summed E-state index contributed by atoms with van der Waals surface area (Å²) in [5, 5.41) is 22.0. The van der Waals surface area contributed by atoms with E-state index in [0.717, 1.165) is 66.4 Å². The molecule has 3 N–H and O–H groups in total. The average molecular weight is 494 g/mol. The van der Waals surface area contributed by atoms with E-state index in [0.29, 0.717) is 23.6 Å². The molecule has 7 rings (SSSR count). The van der Waals surface area contributed by atoms with Crippen LogP contribution in [0.5, 0.6) is 0 Å². The number of benzene rings is 2. The zero-order valence-corrected chi connectivity index (χ0v) is 20.7. The maximum atomic E-state index is 13.3. The van der Waals surface area contributed by atoms with Crippen molar-refractivity contribution in [3.63, 3.8) is 0 Å². The van der Waals surface area contributed by atoms with Gasteiger partial charge in [0.1, 0.15) is 0 Å². The van der Waals surface area contributed by atoms with Crippen molar-refractivity contribution in [2.24, 2.45) is 5.92 Å². The number of carbonyl (C=O) groups excluding carboxylic acids is 1. The third-order valence-electron chi connectivity index (χ3n) is 8.36. The number of carbonyl (C=O) groups is 1. The van der Waals surface area contributed by atoms with Crippen LogP contribution in [0.4, 0.5) is 5.69 Å². The fourth-order valence-electron chi connectivity index (χ4n) is 6.38. The lowest BCUT2D eigenvalue weighted by molar-refractivity contribution is 0.0930. The SMILES string of the molecule is O=C(NC(c1ccccn1)C1CC1)c1ccc2[nH]nc(-c3ccc(N4[C@@H]5CC[C@H]4C[C@H](O)C5)cc3)c2c1. The highest BCUT2D eigenvalue weighted by Crippen LogP contribution is 2.41. The molecule has 4 heterocycles. The highest BCUT2D eigenvalue weighted by atomic mass is 16.3. The second-order valence-electron chi connectivity index (χ2n) is 10.8. The van der Waals surface area contributed by atoms with Crippen molar-refractivity contribution in [2.75, 3.05) is 4.90 Å². The third kappa shape index (κ3) is 4.17. The summed E-state index contributed by atoms with van der Waals surface area (Å²) < 4.78 is 0. The minimum atomic E-state index is -0.168. The number of nitrogens with one attached hydrogen (secondary N) is 2. The second kappa shape index (κ2) is 8.99. The van der Waals surface area contributed by atoms with E-state index in [4.69, 9.17) is 0 Å². The molecule has 4 aromatic rings. The van der Waals surface area contributed by atoms with Crippen molar-refractivity contribution < 1.29 is 9.90 Å². The molecule has 1 saturated carbocycles. The van der Waals surface area contributed by atoms with Crippen LogP contribution < -0.4 is 10.2 Å². The molecule has 1 aliphatic carbocycles. The van der Waals surface area contributed by atoms with E-state index < -0.39 is 0 Å². The van der Waals surface area contributed by atoms with Gasteiger partial charge in [-0.05, 0) is 86.9 Å². The zero-order valence-electron chi connectivity index (χ0n) is 20.7. The number of pyridine rings is 1. The maximum absolute atomic E-state index is 13.3. The largest absolute Gasteiger partial charge is 0.393 e. The van der Waals surface area contributed by atoms with Crippen molar-refractivity contribution in [1.29, 1.82) is 0 Å². The maximum Gasteiger partial charge on any atom is 0.251 e. The van der Waals surface area contributed by atoms with Gasteiger partial charge in [-0.25, -0.2) is 0 Å². The fourth-order valence-corrected chi connectivity index (χ4v) is 6.38. The number of rotatable bonds is 6. The van der Waals surface area contributed by atoms with Crippen LogP contribution in [0.25, 0.3) is 22.2 Å². The molecule has 2 aliphatic heterocycles. The van der Waals surface area contributed by atoms with E-state index >= 15 is 0 Å². The van der Waals surface area contributed by atoms with Crippen LogP contribution in [-0.4, -0.2) is 44.4 Å². The molecule has 188 valence electrons. The highest BCUT2D eigenvalue weighted by molar-refractivity contribution is 6.01. The first-order chi connectivity index (χ1) is 18.1. The number of hydrogen-bond donors (Lipinski definition) is 3. The van der Waals surface area contributed by atoms with Gasteiger partial charge < -0.3 is 15.3 Å². The van der Waals surface area contributed by atoms with Crippen molar-refractivity contribution in [1.82, 2.24) is 20.5 Å². The molecule has 2 aromatic carbocycles. The van der Waals surface area contributed by atoms with E-state index in [2.05, 4.69) is 49.7 Å². The molecule has 1 amide bonds. The predicted molar refractivity (Wildman–Crippen MR) is 143 cm³/mol. The van der Waals surface area contributed by atoms with E-state index in [1.807, 2.05) is 36.4 Å². The Labute approximate surface area is 215 Å². The summed E-state index contributed by atoms with van der Waals surface area (Å²) in [4.78, 5) is 20.3. The van der Waals surface area contributed by atoms with Gasteiger partial charge in [-0.2, -0.15) is 5.10 Å². The summed E-state index contributed by atoms with van der Waals surface area (Å²) >= 11 is 0. The smallest absolute Gasteiger partial charge is 0.251 e. The Morgan fingerprint density at radius 1 is 1.00 bits per heavy atom. The van der Waals surface area contributed by atoms with Crippen LogP contribution in [0.2, 0.25) is 0 Å². The molecule has 7 heteroatoms. The minimum Gasteiger partial charge on any atom is -0.393 e. The Balaban J connectivity index is 1.14. The summed E-state index contributed by atoms with van der Waals surface area (Å²) in [5.74, 6) is 0.360. The Hall–Kier alpha value is -3.71. The number of aliphatic hydroxyl groups is 1. The van der Waals surface area contributed by atoms with Crippen molar-refractivity contribution in [2.45, 2.75) is 62.8 Å². The number of aromatic nitrogens is 3. The molecular formula is C30H31N5O2. The third-order valence-corrected chi connectivity index (χ3v) is 8.36. The van der Waals surface area contributed by atoms with Crippen molar-refractivity contribution in [3.05, 3.63) is 78.1 Å². The fraction of sp³-hybridized carbons (Fsp3) is 0.367. The normalized spacial score (nSPS) is 23.8. The summed E-state index contributed by atoms with van der Waals surface area (Å²) in [7, 11) is 0. The van der Waals surface area contributed by atoms with Gasteiger partial charge in [-0.3, -0.25) is 14.9 Å². The lowest BCUT2D eigenvalue weighted by Gasteiger charge is -2.39. The zero-order chi connectivity index (χ0) is 24.9. The van der Waals surface area contributed by atoms with Gasteiger partial charge in [0.2, 0.25) is 0 Å².